The van der Waals surface area contributed by atoms with Crippen molar-refractivity contribution in [1.82, 2.24) is 19.8 Å². The molecule has 0 aliphatic carbocycles. The summed E-state index contributed by atoms with van der Waals surface area (Å²) in [5.74, 6) is -0.359. The SMILES string of the molecule is CC(C)N1CCc2c(nc([C@@H]3CCCCN3C(=O)c3ccccc3F)[nH]c2=O)C1. The van der Waals surface area contributed by atoms with E-state index in [9.17, 15) is 14.0 Å². The Balaban J connectivity index is 1.68. The number of aromatic amines is 1. The molecule has 1 fully saturated rings. The zero-order valence-electron chi connectivity index (χ0n) is 16.9. The molecule has 6 nitrogen and oxygen atoms in total. The van der Waals surface area contributed by atoms with Crippen LogP contribution in [-0.4, -0.2) is 44.8 Å². The molecule has 2 aliphatic rings. The van der Waals surface area contributed by atoms with E-state index in [-0.39, 0.29) is 23.1 Å². The molecule has 1 aromatic heterocycles. The fourth-order valence-corrected chi connectivity index (χ4v) is 4.33. The second-order valence-electron chi connectivity index (χ2n) is 8.18. The van der Waals surface area contributed by atoms with E-state index in [0.717, 1.165) is 30.6 Å². The minimum atomic E-state index is -0.527. The molecule has 1 saturated heterocycles. The number of aromatic nitrogens is 2. The number of halogens is 1. The molecule has 0 bridgehead atoms. The summed E-state index contributed by atoms with van der Waals surface area (Å²) in [6.45, 7) is 6.27. The smallest absolute Gasteiger partial charge is 0.257 e. The van der Waals surface area contributed by atoms with Crippen molar-refractivity contribution >= 4 is 5.91 Å². The maximum absolute atomic E-state index is 14.2. The fraction of sp³-hybridized carbons (Fsp3) is 0.500. The van der Waals surface area contributed by atoms with E-state index >= 15 is 0 Å². The van der Waals surface area contributed by atoms with Gasteiger partial charge in [0.1, 0.15) is 11.6 Å². The van der Waals surface area contributed by atoms with Gasteiger partial charge >= 0.3 is 0 Å². The van der Waals surface area contributed by atoms with Crippen LogP contribution in [0.2, 0.25) is 0 Å². The van der Waals surface area contributed by atoms with Gasteiger partial charge in [0.2, 0.25) is 0 Å². The Hall–Kier alpha value is -2.54. The lowest BCUT2D eigenvalue weighted by atomic mass is 9.99. The first-order valence-corrected chi connectivity index (χ1v) is 10.4. The monoisotopic (exact) mass is 398 g/mol. The Morgan fingerprint density at radius 2 is 2.03 bits per heavy atom. The molecule has 0 spiro atoms. The molecule has 154 valence electrons. The van der Waals surface area contributed by atoms with Crippen LogP contribution in [0.25, 0.3) is 0 Å². The molecule has 3 heterocycles. The average molecular weight is 398 g/mol. The maximum Gasteiger partial charge on any atom is 0.257 e. The maximum atomic E-state index is 14.2. The van der Waals surface area contributed by atoms with Gasteiger partial charge in [-0.05, 0) is 51.7 Å². The van der Waals surface area contributed by atoms with Crippen LogP contribution in [-0.2, 0) is 13.0 Å². The molecule has 1 amide bonds. The van der Waals surface area contributed by atoms with E-state index in [4.69, 9.17) is 4.98 Å². The Morgan fingerprint density at radius 3 is 2.79 bits per heavy atom. The molecule has 1 atom stereocenters. The summed E-state index contributed by atoms with van der Waals surface area (Å²) < 4.78 is 14.2. The average Bonchev–Trinajstić information content (AvgIpc) is 2.73. The van der Waals surface area contributed by atoms with Crippen LogP contribution >= 0.6 is 0 Å². The van der Waals surface area contributed by atoms with Crippen LogP contribution in [0.1, 0.15) is 66.6 Å². The number of likely N-dealkylation sites (tertiary alicyclic amines) is 1. The van der Waals surface area contributed by atoms with Gasteiger partial charge in [0.05, 0.1) is 17.3 Å². The molecule has 2 aliphatic heterocycles. The number of carbonyl (C=O) groups excluding carboxylic acids is 1. The van der Waals surface area contributed by atoms with Gasteiger partial charge in [-0.1, -0.05) is 12.1 Å². The van der Waals surface area contributed by atoms with E-state index < -0.39 is 5.82 Å². The second kappa shape index (κ2) is 8.06. The van der Waals surface area contributed by atoms with Gasteiger partial charge in [0.15, 0.2) is 0 Å². The summed E-state index contributed by atoms with van der Waals surface area (Å²) in [4.78, 5) is 37.5. The third kappa shape index (κ3) is 3.83. The molecule has 0 saturated carbocycles. The summed E-state index contributed by atoms with van der Waals surface area (Å²) >= 11 is 0. The third-order valence-corrected chi connectivity index (χ3v) is 6.04. The predicted octanol–water partition coefficient (Wildman–Crippen LogP) is 3.04. The lowest BCUT2D eigenvalue weighted by Crippen LogP contribution is -2.42. The minimum Gasteiger partial charge on any atom is -0.328 e. The van der Waals surface area contributed by atoms with Gasteiger partial charge in [-0.2, -0.15) is 0 Å². The zero-order chi connectivity index (χ0) is 20.5. The van der Waals surface area contributed by atoms with E-state index in [1.807, 2.05) is 0 Å². The Labute approximate surface area is 169 Å². The number of H-pyrrole nitrogens is 1. The number of piperidine rings is 1. The number of hydrogen-bond donors (Lipinski definition) is 1. The Kier molecular flexibility index (Phi) is 5.50. The molecule has 0 radical (unpaired) electrons. The molecule has 29 heavy (non-hydrogen) atoms. The van der Waals surface area contributed by atoms with E-state index in [2.05, 4.69) is 23.7 Å². The van der Waals surface area contributed by atoms with Crippen LogP contribution in [0.3, 0.4) is 0 Å². The highest BCUT2D eigenvalue weighted by molar-refractivity contribution is 5.94. The molecule has 0 unspecified atom stereocenters. The highest BCUT2D eigenvalue weighted by atomic mass is 19.1. The summed E-state index contributed by atoms with van der Waals surface area (Å²) in [5.41, 5.74) is 1.49. The summed E-state index contributed by atoms with van der Waals surface area (Å²) in [6.07, 6.45) is 3.17. The number of nitrogens with one attached hydrogen (secondary N) is 1. The molecule has 4 rings (SSSR count). The number of benzene rings is 1. The number of hydrogen-bond acceptors (Lipinski definition) is 4. The first-order chi connectivity index (χ1) is 14.0. The highest BCUT2D eigenvalue weighted by Gasteiger charge is 2.33. The zero-order valence-corrected chi connectivity index (χ0v) is 16.9. The summed E-state index contributed by atoms with van der Waals surface area (Å²) in [6, 6.07) is 6.07. The topological polar surface area (TPSA) is 69.3 Å². The lowest BCUT2D eigenvalue weighted by Gasteiger charge is -2.36. The highest BCUT2D eigenvalue weighted by Crippen LogP contribution is 2.31. The first-order valence-electron chi connectivity index (χ1n) is 10.4. The fourth-order valence-electron chi connectivity index (χ4n) is 4.33. The van der Waals surface area contributed by atoms with Gasteiger partial charge in [-0.3, -0.25) is 14.5 Å². The van der Waals surface area contributed by atoms with Crippen molar-refractivity contribution in [3.63, 3.8) is 0 Å². The standard InChI is InChI=1S/C22H27FN4O2/c1-14(2)26-12-10-16-18(13-26)24-20(25-21(16)28)19-9-5-6-11-27(19)22(29)15-7-3-4-8-17(15)23/h3-4,7-8,14,19H,5-6,9-13H2,1-2H3,(H,24,25,28)/t19-/m0/s1. The van der Waals surface area contributed by atoms with Gasteiger partial charge in [-0.15, -0.1) is 0 Å². The number of rotatable bonds is 3. The van der Waals surface area contributed by atoms with Crippen LogP contribution in [0.15, 0.2) is 29.1 Å². The van der Waals surface area contributed by atoms with Crippen LogP contribution in [0.5, 0.6) is 0 Å². The van der Waals surface area contributed by atoms with Crippen molar-refractivity contribution in [3.05, 3.63) is 63.1 Å². The number of fused-ring (bicyclic) bond motifs is 1. The third-order valence-electron chi connectivity index (χ3n) is 6.04. The Bertz CT molecular complexity index is 972. The van der Waals surface area contributed by atoms with Crippen LogP contribution < -0.4 is 5.56 Å². The van der Waals surface area contributed by atoms with Crippen molar-refractivity contribution in [2.24, 2.45) is 0 Å². The number of nitrogens with zero attached hydrogens (tertiary/aromatic N) is 3. The molecular weight excluding hydrogens is 371 g/mol. The van der Waals surface area contributed by atoms with Crippen molar-refractivity contribution in [2.75, 3.05) is 13.1 Å². The van der Waals surface area contributed by atoms with Crippen LogP contribution in [0.4, 0.5) is 4.39 Å². The molecule has 1 N–H and O–H groups in total. The second-order valence-corrected chi connectivity index (χ2v) is 8.18. The van der Waals surface area contributed by atoms with Crippen molar-refractivity contribution in [1.29, 1.82) is 0 Å². The van der Waals surface area contributed by atoms with Crippen LogP contribution in [0, 0.1) is 5.82 Å². The normalized spacial score (nSPS) is 20.0. The van der Waals surface area contributed by atoms with Crippen molar-refractivity contribution < 1.29 is 9.18 Å². The predicted molar refractivity (Wildman–Crippen MR) is 108 cm³/mol. The van der Waals surface area contributed by atoms with E-state index in [1.165, 1.54) is 12.1 Å². The minimum absolute atomic E-state index is 0.0608. The van der Waals surface area contributed by atoms with Crippen molar-refractivity contribution in [3.8, 4) is 0 Å². The molecule has 2 aromatic rings. The quantitative estimate of drug-likeness (QED) is 0.863. The molecule has 1 aromatic carbocycles. The van der Waals surface area contributed by atoms with Gasteiger partial charge in [0, 0.05) is 31.2 Å². The number of carbonyl (C=O) groups is 1. The summed E-state index contributed by atoms with van der Waals surface area (Å²) in [7, 11) is 0. The Morgan fingerprint density at radius 1 is 1.24 bits per heavy atom. The lowest BCUT2D eigenvalue weighted by molar-refractivity contribution is 0.0593. The molecular formula is C22H27FN4O2. The van der Waals surface area contributed by atoms with E-state index in [0.29, 0.717) is 37.8 Å². The van der Waals surface area contributed by atoms with Gasteiger partial charge < -0.3 is 9.88 Å². The van der Waals surface area contributed by atoms with Gasteiger partial charge in [0.25, 0.3) is 11.5 Å². The van der Waals surface area contributed by atoms with Crippen molar-refractivity contribution in [2.45, 2.75) is 58.2 Å². The number of amides is 1. The van der Waals surface area contributed by atoms with Gasteiger partial charge in [-0.25, -0.2) is 9.37 Å². The molecule has 7 heteroatoms. The first kappa shape index (κ1) is 19.8. The summed E-state index contributed by atoms with van der Waals surface area (Å²) in [5, 5.41) is 0. The van der Waals surface area contributed by atoms with E-state index in [1.54, 1.807) is 17.0 Å². The largest absolute Gasteiger partial charge is 0.328 e.